The fourth-order valence-corrected chi connectivity index (χ4v) is 4.06. The molecule has 0 bridgehead atoms. The van der Waals surface area contributed by atoms with Crippen LogP contribution in [-0.2, 0) is 6.42 Å². The maximum atomic E-state index is 3.66. The molecule has 0 amide bonds. The minimum absolute atomic E-state index is 0.304. The summed E-state index contributed by atoms with van der Waals surface area (Å²) < 4.78 is 3.35. The molecule has 2 aromatic carbocycles. The molecule has 112 valence electrons. The third kappa shape index (κ3) is 5.20. The summed E-state index contributed by atoms with van der Waals surface area (Å²) in [6.45, 7) is 4.43. The van der Waals surface area contributed by atoms with E-state index in [1.807, 2.05) is 0 Å². The van der Waals surface area contributed by atoms with Gasteiger partial charge in [0.2, 0.25) is 0 Å². The molecule has 0 radical (unpaired) electrons. The van der Waals surface area contributed by atoms with Gasteiger partial charge in [0.05, 0.1) is 0 Å². The summed E-state index contributed by atoms with van der Waals surface area (Å²) in [6, 6.07) is 15.6. The van der Waals surface area contributed by atoms with Crippen molar-refractivity contribution in [3.05, 3.63) is 67.0 Å². The van der Waals surface area contributed by atoms with Gasteiger partial charge in [0.25, 0.3) is 0 Å². The lowest BCUT2D eigenvalue weighted by molar-refractivity contribution is 0.476. The molecule has 1 nitrogen and oxygen atoms in total. The second-order valence-corrected chi connectivity index (χ2v) is 7.97. The molecule has 2 atom stereocenters. The van der Waals surface area contributed by atoms with E-state index in [2.05, 4.69) is 109 Å². The first-order valence-corrected chi connectivity index (χ1v) is 9.29. The molecular formula is C17H18Br3N. The van der Waals surface area contributed by atoms with Crippen molar-refractivity contribution in [1.29, 1.82) is 0 Å². The highest BCUT2D eigenvalue weighted by Crippen LogP contribution is 2.27. The fraction of sp³-hybridized carbons (Fsp3) is 0.294. The van der Waals surface area contributed by atoms with E-state index in [4.69, 9.17) is 0 Å². The molecule has 2 aromatic rings. The van der Waals surface area contributed by atoms with Gasteiger partial charge in [0, 0.05) is 25.5 Å². The van der Waals surface area contributed by atoms with Crippen molar-refractivity contribution < 1.29 is 0 Å². The number of benzene rings is 2. The maximum absolute atomic E-state index is 3.66. The first-order chi connectivity index (χ1) is 9.95. The van der Waals surface area contributed by atoms with Crippen LogP contribution in [-0.4, -0.2) is 6.04 Å². The van der Waals surface area contributed by atoms with Gasteiger partial charge in [0.1, 0.15) is 0 Å². The molecule has 0 aromatic heterocycles. The van der Waals surface area contributed by atoms with E-state index in [1.54, 1.807) is 0 Å². The van der Waals surface area contributed by atoms with E-state index < -0.39 is 0 Å². The highest BCUT2D eigenvalue weighted by Gasteiger charge is 2.13. The number of hydrogen-bond donors (Lipinski definition) is 1. The lowest BCUT2D eigenvalue weighted by atomic mass is 10.0. The van der Waals surface area contributed by atoms with Crippen LogP contribution >= 0.6 is 47.8 Å². The largest absolute Gasteiger partial charge is 0.307 e. The van der Waals surface area contributed by atoms with Crippen molar-refractivity contribution in [3.8, 4) is 0 Å². The minimum atomic E-state index is 0.304. The summed E-state index contributed by atoms with van der Waals surface area (Å²) in [6.07, 6.45) is 1.02. The van der Waals surface area contributed by atoms with Gasteiger partial charge >= 0.3 is 0 Å². The summed E-state index contributed by atoms with van der Waals surface area (Å²) in [7, 11) is 0. The molecule has 1 N–H and O–H groups in total. The molecule has 0 aliphatic heterocycles. The van der Waals surface area contributed by atoms with Crippen LogP contribution in [0.3, 0.4) is 0 Å². The van der Waals surface area contributed by atoms with Crippen LogP contribution in [0.1, 0.15) is 31.0 Å². The summed E-state index contributed by atoms with van der Waals surface area (Å²) in [5.74, 6) is 0. The summed E-state index contributed by atoms with van der Waals surface area (Å²) in [5.41, 5.74) is 2.63. The molecule has 2 rings (SSSR count). The zero-order valence-corrected chi connectivity index (χ0v) is 16.8. The molecular weight excluding hydrogens is 458 g/mol. The first kappa shape index (κ1) is 17.2. The highest BCUT2D eigenvalue weighted by molar-refractivity contribution is 9.11. The Kier molecular flexibility index (Phi) is 6.48. The SMILES string of the molecule is CC(Cc1ccc(Br)cc1)NC(C)c1ccc(Br)cc1Br. The number of halogens is 3. The third-order valence-electron chi connectivity index (χ3n) is 3.42. The van der Waals surface area contributed by atoms with Crippen LogP contribution in [0.5, 0.6) is 0 Å². The fourth-order valence-electron chi connectivity index (χ4n) is 2.40. The van der Waals surface area contributed by atoms with Crippen LogP contribution in [0.15, 0.2) is 55.9 Å². The van der Waals surface area contributed by atoms with Crippen molar-refractivity contribution >= 4 is 47.8 Å². The number of hydrogen-bond acceptors (Lipinski definition) is 1. The molecule has 0 spiro atoms. The third-order valence-corrected chi connectivity index (χ3v) is 5.13. The summed E-state index contributed by atoms with van der Waals surface area (Å²) >= 11 is 10.6. The topological polar surface area (TPSA) is 12.0 Å². The van der Waals surface area contributed by atoms with Crippen molar-refractivity contribution in [2.75, 3.05) is 0 Å². The predicted octanol–water partition coefficient (Wildman–Crippen LogP) is 6.26. The summed E-state index contributed by atoms with van der Waals surface area (Å²) in [5, 5.41) is 3.66. The normalized spacial score (nSPS) is 14.0. The number of nitrogens with one attached hydrogen (secondary N) is 1. The van der Waals surface area contributed by atoms with Gasteiger partial charge < -0.3 is 5.32 Å². The Bertz CT molecular complexity index is 595. The lowest BCUT2D eigenvalue weighted by Gasteiger charge is -2.21. The average Bonchev–Trinajstić information content (AvgIpc) is 2.41. The minimum Gasteiger partial charge on any atom is -0.307 e. The van der Waals surface area contributed by atoms with Gasteiger partial charge in [-0.3, -0.25) is 0 Å². The van der Waals surface area contributed by atoms with Gasteiger partial charge in [-0.2, -0.15) is 0 Å². The Hall–Kier alpha value is -0.160. The molecule has 0 aliphatic carbocycles. The van der Waals surface area contributed by atoms with Gasteiger partial charge in [-0.05, 0) is 55.7 Å². The van der Waals surface area contributed by atoms with Crippen LogP contribution < -0.4 is 5.32 Å². The van der Waals surface area contributed by atoms with Crippen LogP contribution in [0, 0.1) is 0 Å². The Balaban J connectivity index is 1.98. The molecule has 21 heavy (non-hydrogen) atoms. The molecule has 2 unspecified atom stereocenters. The van der Waals surface area contributed by atoms with Gasteiger partial charge in [0.15, 0.2) is 0 Å². The van der Waals surface area contributed by atoms with E-state index in [9.17, 15) is 0 Å². The van der Waals surface area contributed by atoms with Crippen molar-refractivity contribution in [3.63, 3.8) is 0 Å². The average molecular weight is 476 g/mol. The van der Waals surface area contributed by atoms with Crippen molar-refractivity contribution in [1.82, 2.24) is 5.32 Å². The summed E-state index contributed by atoms with van der Waals surface area (Å²) in [4.78, 5) is 0. The highest BCUT2D eigenvalue weighted by atomic mass is 79.9. The standard InChI is InChI=1S/C17H18Br3N/c1-11(9-13-3-5-14(18)6-4-13)21-12(2)16-8-7-15(19)10-17(16)20/h3-8,10-12,21H,9H2,1-2H3. The molecule has 0 saturated carbocycles. The molecule has 0 fully saturated rings. The molecule has 0 saturated heterocycles. The van der Waals surface area contributed by atoms with E-state index in [0.29, 0.717) is 12.1 Å². The van der Waals surface area contributed by atoms with E-state index >= 15 is 0 Å². The molecule has 0 aliphatic rings. The van der Waals surface area contributed by atoms with E-state index in [0.717, 1.165) is 19.8 Å². The quantitative estimate of drug-likeness (QED) is 0.538. The maximum Gasteiger partial charge on any atom is 0.0305 e. The zero-order valence-electron chi connectivity index (χ0n) is 12.0. The van der Waals surface area contributed by atoms with Gasteiger partial charge in [-0.15, -0.1) is 0 Å². The monoisotopic (exact) mass is 473 g/mol. The van der Waals surface area contributed by atoms with Crippen LogP contribution in [0.4, 0.5) is 0 Å². The molecule has 4 heteroatoms. The van der Waals surface area contributed by atoms with Crippen LogP contribution in [0.2, 0.25) is 0 Å². The Labute approximate surface area is 151 Å². The zero-order chi connectivity index (χ0) is 15.4. The first-order valence-electron chi connectivity index (χ1n) is 6.91. The smallest absolute Gasteiger partial charge is 0.0305 e. The lowest BCUT2D eigenvalue weighted by Crippen LogP contribution is -2.30. The van der Waals surface area contributed by atoms with Gasteiger partial charge in [-0.1, -0.05) is 66.0 Å². The molecule has 0 heterocycles. The second-order valence-electron chi connectivity index (χ2n) is 5.29. The van der Waals surface area contributed by atoms with Gasteiger partial charge in [-0.25, -0.2) is 0 Å². The predicted molar refractivity (Wildman–Crippen MR) is 101 cm³/mol. The Morgan fingerprint density at radius 1 is 0.905 bits per heavy atom. The Morgan fingerprint density at radius 3 is 2.14 bits per heavy atom. The number of rotatable bonds is 5. The van der Waals surface area contributed by atoms with E-state index in [-0.39, 0.29) is 0 Å². The van der Waals surface area contributed by atoms with Crippen LogP contribution in [0.25, 0.3) is 0 Å². The second kappa shape index (κ2) is 7.91. The van der Waals surface area contributed by atoms with E-state index in [1.165, 1.54) is 11.1 Å². The Morgan fingerprint density at radius 2 is 1.52 bits per heavy atom. The van der Waals surface area contributed by atoms with Crippen molar-refractivity contribution in [2.24, 2.45) is 0 Å². The van der Waals surface area contributed by atoms with Crippen molar-refractivity contribution in [2.45, 2.75) is 32.4 Å².